The highest BCUT2D eigenvalue weighted by molar-refractivity contribution is 8.24. The fraction of sp³-hybridized carbons (Fsp3) is 0.500. The molecule has 2 rings (SSSR count). The molecule has 86 valence electrons. The van der Waals surface area contributed by atoms with Crippen molar-refractivity contribution in [1.82, 2.24) is 10.6 Å². The third-order valence-electron chi connectivity index (χ3n) is 2.23. The summed E-state index contributed by atoms with van der Waals surface area (Å²) in [7, 11) is 0. The van der Waals surface area contributed by atoms with E-state index in [-0.39, 0.29) is 22.3 Å². The minimum atomic E-state index is -0.157. The smallest absolute Gasteiger partial charge is 0.238 e. The third kappa shape index (κ3) is 2.73. The largest absolute Gasteiger partial charge is 0.311 e. The van der Waals surface area contributed by atoms with E-state index in [0.717, 1.165) is 0 Å². The van der Waals surface area contributed by atoms with Crippen molar-refractivity contribution in [2.75, 3.05) is 0 Å². The SMILES string of the molecule is O=C1NC(=S)SC1CCC1SC(=S)NC1=O. The average Bonchev–Trinajstić information content (AvgIpc) is 2.66. The van der Waals surface area contributed by atoms with E-state index in [1.807, 2.05) is 0 Å². The Labute approximate surface area is 112 Å². The molecule has 2 aliphatic heterocycles. The van der Waals surface area contributed by atoms with Crippen LogP contribution in [0, 0.1) is 0 Å². The van der Waals surface area contributed by atoms with E-state index >= 15 is 0 Å². The lowest BCUT2D eigenvalue weighted by Crippen LogP contribution is -2.27. The Morgan fingerprint density at radius 3 is 1.56 bits per heavy atom. The van der Waals surface area contributed by atoms with Crippen LogP contribution in [0.25, 0.3) is 0 Å². The Hall–Kier alpha value is -0.180. The summed E-state index contributed by atoms with van der Waals surface area (Å²) in [6, 6.07) is 0. The van der Waals surface area contributed by atoms with Crippen molar-refractivity contribution in [2.45, 2.75) is 23.3 Å². The highest BCUT2D eigenvalue weighted by Crippen LogP contribution is 2.29. The molecule has 2 atom stereocenters. The fourth-order valence-corrected chi connectivity index (χ4v) is 4.04. The monoisotopic (exact) mass is 292 g/mol. The second kappa shape index (κ2) is 4.99. The number of carbonyl (C=O) groups excluding carboxylic acids is 2. The van der Waals surface area contributed by atoms with E-state index in [9.17, 15) is 9.59 Å². The van der Waals surface area contributed by atoms with Crippen molar-refractivity contribution in [3.05, 3.63) is 0 Å². The zero-order valence-electron chi connectivity index (χ0n) is 8.02. The molecule has 0 spiro atoms. The predicted octanol–water partition coefficient (Wildman–Crippen LogP) is 0.800. The second-order valence-corrected chi connectivity index (χ2v) is 7.10. The molecule has 0 aromatic rings. The van der Waals surface area contributed by atoms with Crippen LogP contribution in [-0.4, -0.2) is 31.0 Å². The molecule has 8 heteroatoms. The van der Waals surface area contributed by atoms with E-state index < -0.39 is 0 Å². The molecule has 0 aromatic carbocycles. The van der Waals surface area contributed by atoms with Crippen LogP contribution in [0.1, 0.15) is 12.8 Å². The molecule has 0 bridgehead atoms. The Morgan fingerprint density at radius 2 is 1.31 bits per heavy atom. The zero-order chi connectivity index (χ0) is 11.7. The van der Waals surface area contributed by atoms with Gasteiger partial charge in [0.2, 0.25) is 11.8 Å². The van der Waals surface area contributed by atoms with E-state index in [4.69, 9.17) is 24.4 Å². The zero-order valence-corrected chi connectivity index (χ0v) is 11.3. The minimum Gasteiger partial charge on any atom is -0.311 e. The summed E-state index contributed by atoms with van der Waals surface area (Å²) in [6.07, 6.45) is 1.29. The Kier molecular flexibility index (Phi) is 3.83. The summed E-state index contributed by atoms with van der Waals surface area (Å²) < 4.78 is 1.04. The summed E-state index contributed by atoms with van der Waals surface area (Å²) in [5.41, 5.74) is 0. The molecule has 16 heavy (non-hydrogen) atoms. The fourth-order valence-electron chi connectivity index (χ4n) is 1.47. The molecular weight excluding hydrogens is 284 g/mol. The van der Waals surface area contributed by atoms with Gasteiger partial charge in [-0.2, -0.15) is 0 Å². The first-order chi connectivity index (χ1) is 7.56. The number of amides is 2. The normalized spacial score (nSPS) is 29.5. The van der Waals surface area contributed by atoms with E-state index in [0.29, 0.717) is 21.5 Å². The number of thioether (sulfide) groups is 2. The van der Waals surface area contributed by atoms with Gasteiger partial charge in [-0.25, -0.2) is 0 Å². The molecule has 0 saturated carbocycles. The summed E-state index contributed by atoms with van der Waals surface area (Å²) in [4.78, 5) is 22.8. The second-order valence-electron chi connectivity index (χ2n) is 3.34. The molecule has 4 nitrogen and oxygen atoms in total. The first kappa shape index (κ1) is 12.3. The van der Waals surface area contributed by atoms with E-state index in [1.54, 1.807) is 0 Å². The lowest BCUT2D eigenvalue weighted by molar-refractivity contribution is -0.120. The van der Waals surface area contributed by atoms with Gasteiger partial charge in [0.1, 0.15) is 8.64 Å². The van der Waals surface area contributed by atoms with Gasteiger partial charge in [0.25, 0.3) is 0 Å². The Bertz CT molecular complexity index is 348. The Balaban J connectivity index is 1.84. The van der Waals surface area contributed by atoms with E-state index in [2.05, 4.69) is 10.6 Å². The highest BCUT2D eigenvalue weighted by Gasteiger charge is 2.33. The summed E-state index contributed by atoms with van der Waals surface area (Å²) in [6.45, 7) is 0. The number of thiocarbonyl (C=S) groups is 2. The maximum atomic E-state index is 11.4. The quantitative estimate of drug-likeness (QED) is 0.751. The molecule has 2 fully saturated rings. The van der Waals surface area contributed by atoms with Gasteiger partial charge in [0, 0.05) is 0 Å². The van der Waals surface area contributed by atoms with Crippen molar-refractivity contribution in [3.8, 4) is 0 Å². The van der Waals surface area contributed by atoms with Crippen LogP contribution in [0.2, 0.25) is 0 Å². The van der Waals surface area contributed by atoms with Gasteiger partial charge < -0.3 is 10.6 Å². The first-order valence-corrected chi connectivity index (χ1v) is 7.17. The van der Waals surface area contributed by atoms with Gasteiger partial charge in [-0.05, 0) is 12.8 Å². The maximum Gasteiger partial charge on any atom is 0.238 e. The van der Waals surface area contributed by atoms with Crippen LogP contribution >= 0.6 is 48.0 Å². The molecule has 2 unspecified atom stereocenters. The first-order valence-electron chi connectivity index (χ1n) is 4.59. The van der Waals surface area contributed by atoms with Crippen molar-refractivity contribution in [3.63, 3.8) is 0 Å². The number of hydrogen-bond acceptors (Lipinski definition) is 6. The summed E-state index contributed by atoms with van der Waals surface area (Å²) >= 11 is 12.5. The van der Waals surface area contributed by atoms with E-state index in [1.165, 1.54) is 23.5 Å². The van der Waals surface area contributed by atoms with Gasteiger partial charge in [0.05, 0.1) is 10.5 Å². The van der Waals surface area contributed by atoms with Gasteiger partial charge in [-0.1, -0.05) is 48.0 Å². The van der Waals surface area contributed by atoms with Crippen LogP contribution < -0.4 is 10.6 Å². The maximum absolute atomic E-state index is 11.4. The molecule has 2 heterocycles. The molecule has 0 aliphatic carbocycles. The van der Waals surface area contributed by atoms with Crippen LogP contribution in [-0.2, 0) is 9.59 Å². The van der Waals surface area contributed by atoms with Gasteiger partial charge >= 0.3 is 0 Å². The third-order valence-corrected chi connectivity index (χ3v) is 5.11. The number of nitrogens with one attached hydrogen (secondary N) is 2. The van der Waals surface area contributed by atoms with Crippen LogP contribution in [0.15, 0.2) is 0 Å². The van der Waals surface area contributed by atoms with Crippen LogP contribution in [0.4, 0.5) is 0 Å². The predicted molar refractivity (Wildman–Crippen MR) is 73.5 cm³/mol. The van der Waals surface area contributed by atoms with Crippen molar-refractivity contribution >= 4 is 68.4 Å². The molecular formula is C8H8N2O2S4. The molecule has 0 radical (unpaired) electrons. The van der Waals surface area contributed by atoms with Gasteiger partial charge in [0.15, 0.2) is 0 Å². The molecule has 2 amide bonds. The van der Waals surface area contributed by atoms with Crippen molar-refractivity contribution < 1.29 is 9.59 Å². The Morgan fingerprint density at radius 1 is 0.938 bits per heavy atom. The lowest BCUT2D eigenvalue weighted by atomic mass is 10.1. The average molecular weight is 292 g/mol. The number of hydrogen-bond donors (Lipinski definition) is 2. The standard InChI is InChI=1S/C8H8N2O2S4/c11-5-3(15-7(13)9-5)1-2-4-6(12)10-8(14)16-4/h3-4H,1-2H2,(H,9,11,13)(H,10,12,14). The minimum absolute atomic E-state index is 0.0546. The van der Waals surface area contributed by atoms with Crippen molar-refractivity contribution in [1.29, 1.82) is 0 Å². The lowest BCUT2D eigenvalue weighted by Gasteiger charge is -2.07. The highest BCUT2D eigenvalue weighted by atomic mass is 32.2. The molecule has 0 aromatic heterocycles. The van der Waals surface area contributed by atoms with Gasteiger partial charge in [-0.15, -0.1) is 0 Å². The topological polar surface area (TPSA) is 58.2 Å². The van der Waals surface area contributed by atoms with Gasteiger partial charge in [-0.3, -0.25) is 9.59 Å². The van der Waals surface area contributed by atoms with Crippen LogP contribution in [0.3, 0.4) is 0 Å². The number of rotatable bonds is 3. The summed E-state index contributed by atoms with van der Waals surface area (Å²) in [5, 5.41) is 4.85. The summed E-state index contributed by atoms with van der Waals surface area (Å²) in [5.74, 6) is -0.109. The number of carbonyl (C=O) groups is 2. The molecule has 2 aliphatic rings. The van der Waals surface area contributed by atoms with Crippen LogP contribution in [0.5, 0.6) is 0 Å². The van der Waals surface area contributed by atoms with Crippen molar-refractivity contribution in [2.24, 2.45) is 0 Å². The molecule has 2 N–H and O–H groups in total. The molecule has 2 saturated heterocycles.